The standard InChI is InChI=1S/C4H8.C4H10.3C4H8.C4H6.H2/c1-4(2)3;5*1-3-4-2;/h1H2,2-3H3;3-4H2,1-2H3;2*3-4H,1-2H3;3H,1,4H2,2H3;3-4H,1-2H2;1H/b;;4-3+;4-3-;;;. The summed E-state index contributed by atoms with van der Waals surface area (Å²) >= 11 is 0. The lowest BCUT2D eigenvalue weighted by molar-refractivity contribution is 0.886. The minimum absolute atomic E-state index is 0. The number of unbranched alkanes of at least 4 members (excludes halogenated alkanes) is 1. The van der Waals surface area contributed by atoms with Crippen molar-refractivity contribution in [3.8, 4) is 0 Å². The van der Waals surface area contributed by atoms with Gasteiger partial charge in [-0.1, -0.05) is 94.9 Å². The molecule has 0 amide bonds. The van der Waals surface area contributed by atoms with Crippen molar-refractivity contribution < 1.29 is 1.43 Å². The van der Waals surface area contributed by atoms with Crippen LogP contribution in [0.5, 0.6) is 0 Å². The van der Waals surface area contributed by atoms with Crippen LogP contribution in [0.4, 0.5) is 0 Å². The first-order valence-corrected chi connectivity index (χ1v) is 8.92. The molecule has 146 valence electrons. The molecular formula is C24H50. The van der Waals surface area contributed by atoms with Gasteiger partial charge in [0.1, 0.15) is 0 Å². The van der Waals surface area contributed by atoms with E-state index in [-0.39, 0.29) is 1.43 Å². The maximum atomic E-state index is 3.56. The van der Waals surface area contributed by atoms with E-state index < -0.39 is 0 Å². The summed E-state index contributed by atoms with van der Waals surface area (Å²) in [6.07, 6.45) is 16.9. The molecule has 0 aromatic rings. The minimum atomic E-state index is 0. The van der Waals surface area contributed by atoms with Crippen molar-refractivity contribution in [2.75, 3.05) is 0 Å². The fraction of sp³-hybridized carbons (Fsp3) is 0.500. The van der Waals surface area contributed by atoms with Crippen LogP contribution in [0.15, 0.2) is 74.4 Å². The van der Waals surface area contributed by atoms with Crippen molar-refractivity contribution in [1.29, 1.82) is 0 Å². The summed E-state index contributed by atoms with van der Waals surface area (Å²) in [6.45, 7) is 32.1. The highest BCUT2D eigenvalue weighted by Crippen LogP contribution is 1.76. The summed E-state index contributed by atoms with van der Waals surface area (Å²) in [6, 6.07) is 0. The second-order valence-electron chi connectivity index (χ2n) is 4.71. The molecule has 0 aromatic heterocycles. The zero-order valence-electron chi connectivity index (χ0n) is 18.5. The van der Waals surface area contributed by atoms with E-state index in [9.17, 15) is 0 Å². The van der Waals surface area contributed by atoms with Crippen LogP contribution in [0.1, 0.15) is 83.0 Å². The van der Waals surface area contributed by atoms with E-state index in [1.807, 2.05) is 71.9 Å². The fourth-order valence-electron chi connectivity index (χ4n) is 0. The van der Waals surface area contributed by atoms with E-state index in [0.29, 0.717) is 0 Å². The van der Waals surface area contributed by atoms with Crippen LogP contribution in [0.3, 0.4) is 0 Å². The van der Waals surface area contributed by atoms with Gasteiger partial charge in [0.2, 0.25) is 0 Å². The third kappa shape index (κ3) is 653. The van der Waals surface area contributed by atoms with Gasteiger partial charge in [0.15, 0.2) is 0 Å². The van der Waals surface area contributed by atoms with Crippen LogP contribution in [-0.2, 0) is 0 Å². The highest BCUT2D eigenvalue weighted by Gasteiger charge is 1.56. The molecule has 0 aliphatic rings. The first kappa shape index (κ1) is 38.2. The number of rotatable bonds is 3. The summed E-state index contributed by atoms with van der Waals surface area (Å²) < 4.78 is 0. The van der Waals surface area contributed by atoms with Crippen molar-refractivity contribution in [2.24, 2.45) is 0 Å². The Morgan fingerprint density at radius 1 is 0.708 bits per heavy atom. The van der Waals surface area contributed by atoms with Gasteiger partial charge in [-0.2, -0.15) is 0 Å². The molecule has 0 nitrogen and oxygen atoms in total. The second-order valence-corrected chi connectivity index (χ2v) is 4.71. The SMILES string of the molecule is C/C=C/C.C/C=C\C.C=C(C)C.C=CC=C.C=CCC.CCCC.[HH]. The van der Waals surface area contributed by atoms with E-state index in [4.69, 9.17) is 0 Å². The van der Waals surface area contributed by atoms with Crippen molar-refractivity contribution in [2.45, 2.75) is 81.6 Å². The molecule has 0 saturated heterocycles. The van der Waals surface area contributed by atoms with Crippen LogP contribution < -0.4 is 0 Å². The van der Waals surface area contributed by atoms with Gasteiger partial charge in [0.05, 0.1) is 0 Å². The zero-order valence-corrected chi connectivity index (χ0v) is 18.5. The largest absolute Gasteiger partial charge is 0.103 e. The molecule has 0 heterocycles. The molecule has 0 aromatic carbocycles. The Hall–Kier alpha value is -1.56. The Balaban J connectivity index is -0.0000000309. The van der Waals surface area contributed by atoms with Gasteiger partial charge >= 0.3 is 0 Å². The summed E-state index contributed by atoms with van der Waals surface area (Å²) in [7, 11) is 0. The van der Waals surface area contributed by atoms with E-state index in [1.165, 1.54) is 18.4 Å². The van der Waals surface area contributed by atoms with Crippen molar-refractivity contribution in [3.63, 3.8) is 0 Å². The molecule has 0 spiro atoms. The Kier molecular flexibility index (Phi) is 109. The van der Waals surface area contributed by atoms with Crippen LogP contribution in [0.2, 0.25) is 0 Å². The van der Waals surface area contributed by atoms with Crippen LogP contribution in [0.25, 0.3) is 0 Å². The van der Waals surface area contributed by atoms with Gasteiger partial charge in [0, 0.05) is 1.43 Å². The smallest absolute Gasteiger partial charge is 0 e. The quantitative estimate of drug-likeness (QED) is 0.355. The van der Waals surface area contributed by atoms with Gasteiger partial charge in [0.25, 0.3) is 0 Å². The predicted octanol–water partition coefficient (Wildman–Crippen LogP) is 9.74. The van der Waals surface area contributed by atoms with E-state index in [1.54, 1.807) is 12.2 Å². The molecule has 0 aliphatic carbocycles. The molecule has 24 heavy (non-hydrogen) atoms. The van der Waals surface area contributed by atoms with Gasteiger partial charge in [-0.05, 0) is 48.0 Å². The normalized spacial score (nSPS) is 7.38. The number of allylic oxidation sites excluding steroid dienone is 8. The summed E-state index contributed by atoms with van der Waals surface area (Å²) in [5, 5.41) is 0. The second kappa shape index (κ2) is 68.4. The zero-order chi connectivity index (χ0) is 20.6. The first-order chi connectivity index (χ1) is 11.3. The monoisotopic (exact) mass is 338 g/mol. The van der Waals surface area contributed by atoms with Gasteiger partial charge in [-0.15, -0.1) is 13.2 Å². The molecule has 0 heteroatoms. The lowest BCUT2D eigenvalue weighted by Crippen LogP contribution is -1.47. The van der Waals surface area contributed by atoms with Crippen molar-refractivity contribution in [3.05, 3.63) is 74.4 Å². The lowest BCUT2D eigenvalue weighted by Gasteiger charge is -1.68. The van der Waals surface area contributed by atoms with Crippen LogP contribution >= 0.6 is 0 Å². The highest BCUT2D eigenvalue weighted by atomic mass is 13.6. The molecule has 0 unspecified atom stereocenters. The van der Waals surface area contributed by atoms with E-state index in [0.717, 1.165) is 6.42 Å². The van der Waals surface area contributed by atoms with Gasteiger partial charge in [-0.3, -0.25) is 0 Å². The summed E-state index contributed by atoms with van der Waals surface area (Å²) in [4.78, 5) is 0. The first-order valence-electron chi connectivity index (χ1n) is 8.92. The summed E-state index contributed by atoms with van der Waals surface area (Å²) in [5.74, 6) is 0. The molecule has 0 aliphatic heterocycles. The lowest BCUT2D eigenvalue weighted by atomic mass is 10.4. The molecule has 0 N–H and O–H groups in total. The Morgan fingerprint density at radius 3 is 0.875 bits per heavy atom. The fourth-order valence-corrected chi connectivity index (χ4v) is 0. The van der Waals surface area contributed by atoms with Crippen molar-refractivity contribution in [1.82, 2.24) is 0 Å². The van der Waals surface area contributed by atoms with Crippen LogP contribution in [0, 0.1) is 0 Å². The number of hydrogen-bond acceptors (Lipinski definition) is 0. The molecular weight excluding hydrogens is 288 g/mol. The molecule has 0 saturated carbocycles. The molecule has 0 rings (SSSR count). The van der Waals surface area contributed by atoms with E-state index in [2.05, 4.69) is 47.1 Å². The average Bonchev–Trinajstić information content (AvgIpc) is 2.61. The van der Waals surface area contributed by atoms with Gasteiger partial charge < -0.3 is 0 Å². The maximum Gasteiger partial charge on any atom is 0 e. The topological polar surface area (TPSA) is 0 Å². The Morgan fingerprint density at radius 2 is 0.875 bits per heavy atom. The third-order valence-corrected chi connectivity index (χ3v) is 1.62. The molecule has 0 fully saturated rings. The number of hydrogen-bond donors (Lipinski definition) is 0. The molecule has 0 atom stereocenters. The molecule has 0 bridgehead atoms. The highest BCUT2D eigenvalue weighted by molar-refractivity contribution is 4.88. The van der Waals surface area contributed by atoms with Crippen molar-refractivity contribution >= 4 is 0 Å². The summed E-state index contributed by atoms with van der Waals surface area (Å²) in [5.41, 5.74) is 1.17. The van der Waals surface area contributed by atoms with E-state index >= 15 is 0 Å². The van der Waals surface area contributed by atoms with Crippen LogP contribution in [-0.4, -0.2) is 0 Å². The molecule has 0 radical (unpaired) electrons. The average molecular weight is 339 g/mol. The predicted molar refractivity (Wildman–Crippen MR) is 125 cm³/mol. The Labute approximate surface area is 158 Å². The van der Waals surface area contributed by atoms with Gasteiger partial charge in [-0.25, -0.2) is 0 Å². The minimum Gasteiger partial charge on any atom is -0.103 e. The maximum absolute atomic E-state index is 3.56. The third-order valence-electron chi connectivity index (χ3n) is 1.62. The Bertz CT molecular complexity index is 227.